The molecule has 0 saturated heterocycles. The molecule has 0 radical (unpaired) electrons. The molecule has 4 heteroatoms. The molecule has 0 saturated carbocycles. The number of benzene rings is 1. The summed E-state index contributed by atoms with van der Waals surface area (Å²) in [5.74, 6) is 1.48. The number of methoxy groups -OCH3 is 1. The number of pyridine rings is 1. The highest BCUT2D eigenvalue weighted by Gasteiger charge is 2.23. The van der Waals surface area contributed by atoms with E-state index in [1.165, 1.54) is 5.56 Å². The Morgan fingerprint density at radius 2 is 2.11 bits per heavy atom. The Morgan fingerprint density at radius 1 is 1.26 bits per heavy atom. The van der Waals surface area contributed by atoms with Gasteiger partial charge in [0.05, 0.1) is 19.8 Å². The SMILES string of the molecule is COc1ncccc1C(N)c1cccc2c1OCC2. The van der Waals surface area contributed by atoms with Gasteiger partial charge in [0.1, 0.15) is 5.75 Å². The predicted octanol–water partition coefficient (Wildman–Crippen LogP) is 2.07. The molecular weight excluding hydrogens is 240 g/mol. The molecule has 0 bridgehead atoms. The van der Waals surface area contributed by atoms with E-state index in [2.05, 4.69) is 11.1 Å². The third-order valence-corrected chi connectivity index (χ3v) is 3.41. The number of nitrogens with zero attached hydrogens (tertiary/aromatic N) is 1. The van der Waals surface area contributed by atoms with Crippen molar-refractivity contribution in [1.82, 2.24) is 4.98 Å². The van der Waals surface area contributed by atoms with Crippen LogP contribution < -0.4 is 15.2 Å². The maximum atomic E-state index is 6.37. The van der Waals surface area contributed by atoms with Crippen LogP contribution >= 0.6 is 0 Å². The minimum atomic E-state index is -0.295. The van der Waals surface area contributed by atoms with E-state index >= 15 is 0 Å². The fourth-order valence-electron chi connectivity index (χ4n) is 2.46. The van der Waals surface area contributed by atoms with Crippen LogP contribution in [0.1, 0.15) is 22.7 Å². The number of nitrogens with two attached hydrogens (primary N) is 1. The second-order valence-corrected chi connectivity index (χ2v) is 4.51. The van der Waals surface area contributed by atoms with E-state index in [9.17, 15) is 0 Å². The van der Waals surface area contributed by atoms with Crippen molar-refractivity contribution in [1.29, 1.82) is 0 Å². The van der Waals surface area contributed by atoms with Gasteiger partial charge in [0.2, 0.25) is 5.88 Å². The van der Waals surface area contributed by atoms with E-state index in [4.69, 9.17) is 15.2 Å². The number of para-hydroxylation sites is 1. The van der Waals surface area contributed by atoms with Gasteiger partial charge in [0.15, 0.2) is 0 Å². The van der Waals surface area contributed by atoms with Crippen LogP contribution in [0.5, 0.6) is 11.6 Å². The number of ether oxygens (including phenoxy) is 2. The Hall–Kier alpha value is -2.07. The molecule has 0 spiro atoms. The summed E-state index contributed by atoms with van der Waals surface area (Å²) in [7, 11) is 1.60. The van der Waals surface area contributed by atoms with Crippen molar-refractivity contribution in [3.05, 3.63) is 53.2 Å². The lowest BCUT2D eigenvalue weighted by Gasteiger charge is -2.17. The molecule has 1 unspecified atom stereocenters. The van der Waals surface area contributed by atoms with Crippen LogP contribution in [0.15, 0.2) is 36.5 Å². The zero-order valence-electron chi connectivity index (χ0n) is 10.8. The maximum absolute atomic E-state index is 6.37. The Morgan fingerprint density at radius 3 is 2.95 bits per heavy atom. The Bertz CT molecular complexity index is 598. The third kappa shape index (κ3) is 2.04. The summed E-state index contributed by atoms with van der Waals surface area (Å²) in [5, 5.41) is 0. The molecule has 1 aliphatic rings. The molecule has 2 heterocycles. The molecule has 2 N–H and O–H groups in total. The molecule has 1 aliphatic heterocycles. The van der Waals surface area contributed by atoms with E-state index in [0.29, 0.717) is 5.88 Å². The van der Waals surface area contributed by atoms with Crippen LogP contribution in [0.2, 0.25) is 0 Å². The number of rotatable bonds is 3. The normalized spacial score (nSPS) is 14.6. The topological polar surface area (TPSA) is 57.4 Å². The molecule has 0 aliphatic carbocycles. The first-order valence-corrected chi connectivity index (χ1v) is 6.30. The number of aromatic nitrogens is 1. The second-order valence-electron chi connectivity index (χ2n) is 4.51. The molecule has 1 aromatic carbocycles. The highest BCUT2D eigenvalue weighted by atomic mass is 16.5. The maximum Gasteiger partial charge on any atom is 0.218 e. The molecule has 1 aromatic heterocycles. The van der Waals surface area contributed by atoms with Gasteiger partial charge in [-0.25, -0.2) is 4.98 Å². The molecule has 1 atom stereocenters. The van der Waals surface area contributed by atoms with Crippen LogP contribution in [0.25, 0.3) is 0 Å². The van der Waals surface area contributed by atoms with E-state index in [1.807, 2.05) is 24.3 Å². The first-order chi connectivity index (χ1) is 9.31. The van der Waals surface area contributed by atoms with Gasteiger partial charge in [0, 0.05) is 23.7 Å². The summed E-state index contributed by atoms with van der Waals surface area (Å²) in [6.07, 6.45) is 2.64. The van der Waals surface area contributed by atoms with Crippen molar-refractivity contribution in [2.45, 2.75) is 12.5 Å². The summed E-state index contributed by atoms with van der Waals surface area (Å²) < 4.78 is 11.0. The average Bonchev–Trinajstić information content (AvgIpc) is 2.94. The Balaban J connectivity index is 2.05. The van der Waals surface area contributed by atoms with Crippen molar-refractivity contribution in [2.75, 3.05) is 13.7 Å². The van der Waals surface area contributed by atoms with Gasteiger partial charge in [-0.05, 0) is 11.6 Å². The Labute approximate surface area is 112 Å². The molecule has 0 fully saturated rings. The van der Waals surface area contributed by atoms with Crippen molar-refractivity contribution >= 4 is 0 Å². The van der Waals surface area contributed by atoms with Gasteiger partial charge in [0.25, 0.3) is 0 Å². The summed E-state index contributed by atoms with van der Waals surface area (Å²) in [4.78, 5) is 4.19. The van der Waals surface area contributed by atoms with Gasteiger partial charge >= 0.3 is 0 Å². The van der Waals surface area contributed by atoms with Crippen molar-refractivity contribution in [3.63, 3.8) is 0 Å². The first-order valence-electron chi connectivity index (χ1n) is 6.30. The average molecular weight is 256 g/mol. The van der Waals surface area contributed by atoms with Gasteiger partial charge in [-0.15, -0.1) is 0 Å². The molecule has 98 valence electrons. The minimum absolute atomic E-state index is 0.295. The smallest absolute Gasteiger partial charge is 0.218 e. The molecule has 3 rings (SSSR count). The lowest BCUT2D eigenvalue weighted by atomic mass is 9.97. The lowest BCUT2D eigenvalue weighted by Crippen LogP contribution is -2.14. The highest BCUT2D eigenvalue weighted by molar-refractivity contribution is 5.49. The number of fused-ring (bicyclic) bond motifs is 1. The fraction of sp³-hybridized carbons (Fsp3) is 0.267. The second kappa shape index (κ2) is 4.90. The number of hydrogen-bond acceptors (Lipinski definition) is 4. The van der Waals surface area contributed by atoms with E-state index in [-0.39, 0.29) is 6.04 Å². The molecule has 4 nitrogen and oxygen atoms in total. The molecule has 19 heavy (non-hydrogen) atoms. The monoisotopic (exact) mass is 256 g/mol. The largest absolute Gasteiger partial charge is 0.493 e. The van der Waals surface area contributed by atoms with Crippen LogP contribution in [0.3, 0.4) is 0 Å². The standard InChI is InChI=1S/C15H16N2O2/c1-18-15-12(6-3-8-17-15)13(16)11-5-2-4-10-7-9-19-14(10)11/h2-6,8,13H,7,9,16H2,1H3. The van der Waals surface area contributed by atoms with Gasteiger partial charge < -0.3 is 15.2 Å². The van der Waals surface area contributed by atoms with Crippen LogP contribution in [0.4, 0.5) is 0 Å². The number of hydrogen-bond donors (Lipinski definition) is 1. The summed E-state index contributed by atoms with van der Waals surface area (Å²) in [5.41, 5.74) is 9.44. The predicted molar refractivity (Wildman–Crippen MR) is 72.5 cm³/mol. The third-order valence-electron chi connectivity index (χ3n) is 3.41. The summed E-state index contributed by atoms with van der Waals surface area (Å²) in [6, 6.07) is 9.61. The van der Waals surface area contributed by atoms with Crippen LogP contribution in [0, 0.1) is 0 Å². The zero-order valence-corrected chi connectivity index (χ0v) is 10.8. The van der Waals surface area contributed by atoms with Crippen LogP contribution in [-0.4, -0.2) is 18.7 Å². The van der Waals surface area contributed by atoms with Gasteiger partial charge in [-0.1, -0.05) is 24.3 Å². The zero-order chi connectivity index (χ0) is 13.2. The molecular formula is C15H16N2O2. The van der Waals surface area contributed by atoms with Crippen molar-refractivity contribution in [3.8, 4) is 11.6 Å². The fourth-order valence-corrected chi connectivity index (χ4v) is 2.46. The summed E-state index contributed by atoms with van der Waals surface area (Å²) >= 11 is 0. The Kier molecular flexibility index (Phi) is 3.09. The van der Waals surface area contributed by atoms with Crippen molar-refractivity contribution in [2.24, 2.45) is 5.73 Å². The minimum Gasteiger partial charge on any atom is -0.493 e. The molecule has 0 amide bonds. The van der Waals surface area contributed by atoms with Gasteiger partial charge in [-0.2, -0.15) is 0 Å². The highest BCUT2D eigenvalue weighted by Crippen LogP contribution is 2.36. The van der Waals surface area contributed by atoms with E-state index < -0.39 is 0 Å². The lowest BCUT2D eigenvalue weighted by molar-refractivity contribution is 0.351. The van der Waals surface area contributed by atoms with E-state index in [1.54, 1.807) is 13.3 Å². The quantitative estimate of drug-likeness (QED) is 0.913. The first kappa shape index (κ1) is 12.0. The van der Waals surface area contributed by atoms with Gasteiger partial charge in [-0.3, -0.25) is 0 Å². The van der Waals surface area contributed by atoms with Crippen molar-refractivity contribution < 1.29 is 9.47 Å². The summed E-state index contributed by atoms with van der Waals surface area (Å²) in [6.45, 7) is 0.725. The van der Waals surface area contributed by atoms with E-state index in [0.717, 1.165) is 29.9 Å². The molecule has 2 aromatic rings. The van der Waals surface area contributed by atoms with Crippen LogP contribution in [-0.2, 0) is 6.42 Å².